The van der Waals surface area contributed by atoms with E-state index in [0.717, 1.165) is 49.1 Å². The van der Waals surface area contributed by atoms with E-state index in [2.05, 4.69) is 31.9 Å². The lowest BCUT2D eigenvalue weighted by Crippen LogP contribution is -2.47. The molecule has 2 aromatic rings. The van der Waals surface area contributed by atoms with Gasteiger partial charge in [-0.2, -0.15) is 0 Å². The lowest BCUT2D eigenvalue weighted by atomic mass is 9.90. The minimum Gasteiger partial charge on any atom is -0.465 e. The number of carbonyl (C=O) groups excluding carboxylic acids is 1. The number of hydrogen-bond acceptors (Lipinski definition) is 5. The highest BCUT2D eigenvalue weighted by molar-refractivity contribution is 5.94. The molecule has 2 atom stereocenters. The number of morpholine rings is 1. The summed E-state index contributed by atoms with van der Waals surface area (Å²) in [5.74, 6) is 2.72. The average Bonchev–Trinajstić information content (AvgIpc) is 3.22. The fourth-order valence-corrected chi connectivity index (χ4v) is 4.25. The van der Waals surface area contributed by atoms with Gasteiger partial charge in [0.1, 0.15) is 11.5 Å². The second-order valence-electron chi connectivity index (χ2n) is 7.98. The number of rotatable bonds is 6. The van der Waals surface area contributed by atoms with Crippen molar-refractivity contribution in [2.75, 3.05) is 51.8 Å². The van der Waals surface area contributed by atoms with E-state index in [1.807, 2.05) is 37.3 Å². The maximum absolute atomic E-state index is 12.1. The first kappa shape index (κ1) is 21.4. The van der Waals surface area contributed by atoms with Crippen molar-refractivity contribution in [2.45, 2.75) is 25.3 Å². The van der Waals surface area contributed by atoms with Gasteiger partial charge in [-0.3, -0.25) is 14.7 Å². The molecule has 0 spiro atoms. The first-order valence-electron chi connectivity index (χ1n) is 10.9. The second-order valence-corrected chi connectivity index (χ2v) is 7.98. The number of ether oxygens (including phenoxy) is 1. The van der Waals surface area contributed by atoms with Crippen molar-refractivity contribution >= 4 is 17.6 Å². The van der Waals surface area contributed by atoms with Crippen molar-refractivity contribution in [3.8, 4) is 0 Å². The van der Waals surface area contributed by atoms with Crippen LogP contribution in [0, 0.1) is 6.92 Å². The van der Waals surface area contributed by atoms with E-state index >= 15 is 0 Å². The Labute approximate surface area is 183 Å². The van der Waals surface area contributed by atoms with Crippen LogP contribution in [0.15, 0.2) is 45.8 Å². The Hall–Kier alpha value is -2.84. The van der Waals surface area contributed by atoms with Crippen LogP contribution in [-0.4, -0.2) is 63.2 Å². The lowest BCUT2D eigenvalue weighted by Gasteiger charge is -2.33. The standard InChI is InChI=1S/C23H31N5O3/c1-16-7-8-21(31-16)20(28-9-11-30-12-10-28)15-26-23(24-2)25-14-17-13-22(29)27-19-6-4-3-5-18(17)19/h3-8,17,20H,9-15H2,1-2H3,(H,27,29)(H2,24,25,26). The monoisotopic (exact) mass is 425 g/mol. The summed E-state index contributed by atoms with van der Waals surface area (Å²) in [6.45, 7) is 6.45. The van der Waals surface area contributed by atoms with Crippen LogP contribution in [0.4, 0.5) is 5.69 Å². The summed E-state index contributed by atoms with van der Waals surface area (Å²) in [6, 6.07) is 12.1. The van der Waals surface area contributed by atoms with Gasteiger partial charge in [0.2, 0.25) is 5.91 Å². The Balaban J connectivity index is 1.38. The number of nitrogens with zero attached hydrogens (tertiary/aromatic N) is 2. The van der Waals surface area contributed by atoms with Crippen LogP contribution in [0.1, 0.15) is 35.5 Å². The van der Waals surface area contributed by atoms with Crippen LogP contribution in [0.2, 0.25) is 0 Å². The van der Waals surface area contributed by atoms with Crippen molar-refractivity contribution in [3.05, 3.63) is 53.5 Å². The Morgan fingerprint density at radius 1 is 1.23 bits per heavy atom. The predicted molar refractivity (Wildman–Crippen MR) is 120 cm³/mol. The highest BCUT2D eigenvalue weighted by Crippen LogP contribution is 2.31. The zero-order valence-electron chi connectivity index (χ0n) is 18.2. The van der Waals surface area contributed by atoms with E-state index in [1.54, 1.807) is 7.05 Å². The summed E-state index contributed by atoms with van der Waals surface area (Å²) in [6.07, 6.45) is 0.461. The van der Waals surface area contributed by atoms with E-state index in [4.69, 9.17) is 9.15 Å². The number of carbonyl (C=O) groups is 1. The molecule has 1 amide bonds. The zero-order valence-corrected chi connectivity index (χ0v) is 18.2. The van der Waals surface area contributed by atoms with Crippen molar-refractivity contribution in [1.29, 1.82) is 0 Å². The number of hydrogen-bond donors (Lipinski definition) is 3. The van der Waals surface area contributed by atoms with E-state index < -0.39 is 0 Å². The number of anilines is 1. The van der Waals surface area contributed by atoms with Crippen LogP contribution < -0.4 is 16.0 Å². The zero-order chi connectivity index (χ0) is 21.6. The number of nitrogens with one attached hydrogen (secondary N) is 3. The molecule has 0 aliphatic carbocycles. The molecule has 2 aliphatic heterocycles. The molecule has 3 N–H and O–H groups in total. The van der Waals surface area contributed by atoms with Gasteiger partial charge in [0.25, 0.3) is 0 Å². The maximum atomic E-state index is 12.1. The number of benzene rings is 1. The largest absolute Gasteiger partial charge is 0.465 e. The van der Waals surface area contributed by atoms with Crippen LogP contribution in [-0.2, 0) is 9.53 Å². The molecule has 2 aliphatic rings. The predicted octanol–water partition coefficient (Wildman–Crippen LogP) is 2.25. The minimum absolute atomic E-state index is 0.0500. The molecule has 0 saturated carbocycles. The summed E-state index contributed by atoms with van der Waals surface area (Å²) in [7, 11) is 1.76. The summed E-state index contributed by atoms with van der Waals surface area (Å²) in [4.78, 5) is 18.9. The number of guanidine groups is 1. The van der Waals surface area contributed by atoms with Crippen molar-refractivity contribution in [2.24, 2.45) is 4.99 Å². The first-order valence-corrected chi connectivity index (χ1v) is 10.9. The van der Waals surface area contributed by atoms with Gasteiger partial charge >= 0.3 is 0 Å². The fraction of sp³-hybridized carbons (Fsp3) is 0.478. The van der Waals surface area contributed by atoms with Gasteiger partial charge in [0.05, 0.1) is 19.3 Å². The van der Waals surface area contributed by atoms with Crippen molar-refractivity contribution < 1.29 is 13.9 Å². The van der Waals surface area contributed by atoms with Crippen LogP contribution in [0.5, 0.6) is 0 Å². The molecule has 1 saturated heterocycles. The summed E-state index contributed by atoms with van der Waals surface area (Å²) < 4.78 is 11.5. The van der Waals surface area contributed by atoms with Gasteiger partial charge in [-0.05, 0) is 30.7 Å². The molecule has 8 nitrogen and oxygen atoms in total. The molecule has 2 unspecified atom stereocenters. The quantitative estimate of drug-likeness (QED) is 0.486. The number of fused-ring (bicyclic) bond motifs is 1. The number of para-hydroxylation sites is 1. The molecule has 4 rings (SSSR count). The Morgan fingerprint density at radius 3 is 2.77 bits per heavy atom. The highest BCUT2D eigenvalue weighted by Gasteiger charge is 2.27. The molecule has 1 aromatic heterocycles. The van der Waals surface area contributed by atoms with E-state index in [0.29, 0.717) is 25.5 Å². The van der Waals surface area contributed by atoms with Gasteiger partial charge in [-0.15, -0.1) is 0 Å². The third-order valence-corrected chi connectivity index (χ3v) is 5.88. The molecule has 0 bridgehead atoms. The summed E-state index contributed by atoms with van der Waals surface area (Å²) in [5, 5.41) is 9.80. The molecule has 3 heterocycles. The summed E-state index contributed by atoms with van der Waals surface area (Å²) >= 11 is 0. The van der Waals surface area contributed by atoms with Crippen LogP contribution >= 0.6 is 0 Å². The number of aryl methyl sites for hydroxylation is 1. The lowest BCUT2D eigenvalue weighted by molar-refractivity contribution is -0.116. The van der Waals surface area contributed by atoms with Gasteiger partial charge in [0.15, 0.2) is 5.96 Å². The minimum atomic E-state index is 0.0500. The molecule has 31 heavy (non-hydrogen) atoms. The van der Waals surface area contributed by atoms with E-state index in [-0.39, 0.29) is 17.9 Å². The molecule has 0 radical (unpaired) electrons. The third kappa shape index (κ3) is 5.26. The third-order valence-electron chi connectivity index (χ3n) is 5.88. The molecular formula is C23H31N5O3. The van der Waals surface area contributed by atoms with Gasteiger partial charge in [0, 0.05) is 51.3 Å². The van der Waals surface area contributed by atoms with Crippen LogP contribution in [0.3, 0.4) is 0 Å². The van der Waals surface area contributed by atoms with Crippen molar-refractivity contribution in [3.63, 3.8) is 0 Å². The normalized spacial score (nSPS) is 20.6. The second kappa shape index (κ2) is 9.98. The smallest absolute Gasteiger partial charge is 0.225 e. The molecule has 166 valence electrons. The molecular weight excluding hydrogens is 394 g/mol. The Morgan fingerprint density at radius 2 is 2.03 bits per heavy atom. The Kier molecular flexibility index (Phi) is 6.89. The highest BCUT2D eigenvalue weighted by atomic mass is 16.5. The average molecular weight is 426 g/mol. The molecule has 1 fully saturated rings. The topological polar surface area (TPSA) is 91.1 Å². The first-order chi connectivity index (χ1) is 15.1. The number of furan rings is 1. The van der Waals surface area contributed by atoms with Gasteiger partial charge in [-0.1, -0.05) is 18.2 Å². The van der Waals surface area contributed by atoms with Crippen molar-refractivity contribution in [1.82, 2.24) is 15.5 Å². The summed E-state index contributed by atoms with van der Waals surface area (Å²) in [5.41, 5.74) is 2.05. The molecule has 8 heteroatoms. The maximum Gasteiger partial charge on any atom is 0.225 e. The fourth-order valence-electron chi connectivity index (χ4n) is 4.25. The van der Waals surface area contributed by atoms with Crippen LogP contribution in [0.25, 0.3) is 0 Å². The van der Waals surface area contributed by atoms with E-state index in [9.17, 15) is 4.79 Å². The van der Waals surface area contributed by atoms with Gasteiger partial charge in [-0.25, -0.2) is 0 Å². The number of aliphatic imine (C=N–C) groups is 1. The van der Waals surface area contributed by atoms with E-state index in [1.165, 1.54) is 0 Å². The SMILES string of the molecule is CN=C(NCC1CC(=O)Nc2ccccc21)NCC(c1ccc(C)o1)N1CCOCC1. The molecule has 1 aromatic carbocycles. The Bertz CT molecular complexity index is 919. The van der Waals surface area contributed by atoms with Gasteiger partial charge < -0.3 is 25.1 Å². The number of amides is 1.